The minimum Gasteiger partial charge on any atom is -0.481 e. The maximum atomic E-state index is 13.2. The van der Waals surface area contributed by atoms with Gasteiger partial charge in [-0.3, -0.25) is 15.1 Å². The number of rotatable bonds is 7. The summed E-state index contributed by atoms with van der Waals surface area (Å²) in [5.41, 5.74) is 0.961. The number of halogens is 2. The lowest BCUT2D eigenvalue weighted by molar-refractivity contribution is -0.139. The molecule has 0 fully saturated rings. The van der Waals surface area contributed by atoms with E-state index in [9.17, 15) is 9.59 Å². The first-order valence-corrected chi connectivity index (χ1v) is 12.8. The zero-order chi connectivity index (χ0) is 23.5. The van der Waals surface area contributed by atoms with Crippen LogP contribution in [0.25, 0.3) is 5.70 Å². The molecule has 8 nitrogen and oxygen atoms in total. The Balaban J connectivity index is 1.87. The minimum atomic E-state index is -1.09. The third-order valence-electron chi connectivity index (χ3n) is 4.91. The highest BCUT2D eigenvalue weighted by atomic mass is 79.9. The molecule has 0 saturated heterocycles. The van der Waals surface area contributed by atoms with Crippen LogP contribution in [0, 0.1) is 0 Å². The highest BCUT2D eigenvalue weighted by Gasteiger charge is 2.36. The Hall–Kier alpha value is -2.37. The molecular weight excluding hydrogens is 576 g/mol. The lowest BCUT2D eigenvalue weighted by Gasteiger charge is -2.34. The van der Waals surface area contributed by atoms with Crippen molar-refractivity contribution in [3.05, 3.63) is 61.5 Å². The number of hydrogen-bond acceptors (Lipinski definition) is 7. The number of ether oxygens (including phenoxy) is 1. The maximum absolute atomic E-state index is 13.2. The molecule has 0 radical (unpaired) electrons. The topological polar surface area (TPSA) is 104 Å². The summed E-state index contributed by atoms with van der Waals surface area (Å²) in [5, 5.41) is 20.1. The Morgan fingerprint density at radius 1 is 1.24 bits per heavy atom. The fourth-order valence-electron chi connectivity index (χ4n) is 3.42. The molecule has 2 N–H and O–H groups in total. The molecular formula is C22H20Br2N4O4S. The molecule has 2 aromatic rings. The van der Waals surface area contributed by atoms with Crippen LogP contribution in [0.4, 0.5) is 0 Å². The van der Waals surface area contributed by atoms with Crippen molar-refractivity contribution in [1.82, 2.24) is 10.3 Å². The van der Waals surface area contributed by atoms with E-state index in [0.29, 0.717) is 32.8 Å². The normalized spacial score (nSPS) is 16.9. The number of fused-ring (bicyclic) bond motifs is 2. The third-order valence-corrected chi connectivity index (χ3v) is 6.84. The average Bonchev–Trinajstić information content (AvgIpc) is 2.77. The van der Waals surface area contributed by atoms with E-state index in [1.165, 1.54) is 11.8 Å². The number of unbranched alkanes of at least 4 members (excludes halogenated alkanes) is 1. The molecule has 1 amide bonds. The monoisotopic (exact) mass is 594 g/mol. The molecule has 2 heterocycles. The Morgan fingerprint density at radius 2 is 2.00 bits per heavy atom. The minimum absolute atomic E-state index is 0.272. The number of hydrazone groups is 1. The molecule has 1 atom stereocenters. The summed E-state index contributed by atoms with van der Waals surface area (Å²) in [6.07, 6.45) is 1.32. The van der Waals surface area contributed by atoms with E-state index in [1.54, 1.807) is 23.2 Å². The van der Waals surface area contributed by atoms with Gasteiger partial charge < -0.3 is 9.84 Å². The standard InChI is InChI=1S/C22H20Br2N4O4S/c1-2-3-8-33-22-26-21(31)19-14-9-12(23)4-6-16(14)25-20(28(19)27-22)15-10-13(24)5-7-17(15)32-11-18(29)30/h4-7,9-10,20H,2-3,8,11H2,1H3,(H,29,30)(H,26,27,31). The number of benzene rings is 2. The second kappa shape index (κ2) is 10.3. The molecule has 172 valence electrons. The van der Waals surface area contributed by atoms with Gasteiger partial charge in [0.1, 0.15) is 11.4 Å². The summed E-state index contributed by atoms with van der Waals surface area (Å²) in [6, 6.07) is 10.8. The molecule has 2 aliphatic rings. The van der Waals surface area contributed by atoms with E-state index in [1.807, 2.05) is 18.2 Å². The van der Waals surface area contributed by atoms with E-state index in [0.717, 1.165) is 27.5 Å². The van der Waals surface area contributed by atoms with Gasteiger partial charge in [0, 0.05) is 25.5 Å². The molecule has 0 spiro atoms. The van der Waals surface area contributed by atoms with E-state index in [2.05, 4.69) is 44.1 Å². The smallest absolute Gasteiger partial charge is 0.341 e. The van der Waals surface area contributed by atoms with Crippen molar-refractivity contribution in [2.75, 3.05) is 12.4 Å². The van der Waals surface area contributed by atoms with Gasteiger partial charge in [-0.25, -0.2) is 9.80 Å². The Kier molecular flexibility index (Phi) is 7.40. The van der Waals surface area contributed by atoms with E-state index < -0.39 is 18.7 Å². The number of carbonyl (C=O) groups excluding carboxylic acids is 1. The molecule has 2 aromatic carbocycles. The van der Waals surface area contributed by atoms with E-state index in [-0.39, 0.29) is 5.91 Å². The summed E-state index contributed by atoms with van der Waals surface area (Å²) in [6.45, 7) is 1.61. The van der Waals surface area contributed by atoms with Crippen LogP contribution >= 0.6 is 43.6 Å². The number of hydrogen-bond donors (Lipinski definition) is 2. The molecule has 33 heavy (non-hydrogen) atoms. The van der Waals surface area contributed by atoms with Crippen molar-refractivity contribution in [3.63, 3.8) is 0 Å². The predicted molar refractivity (Wildman–Crippen MR) is 133 cm³/mol. The molecule has 0 bridgehead atoms. The summed E-state index contributed by atoms with van der Waals surface area (Å²) in [5.74, 6) is -0.175. The maximum Gasteiger partial charge on any atom is 0.341 e. The predicted octanol–water partition coefficient (Wildman–Crippen LogP) is 3.35. The highest BCUT2D eigenvalue weighted by Crippen LogP contribution is 2.37. The van der Waals surface area contributed by atoms with Gasteiger partial charge in [0.15, 0.2) is 17.9 Å². The fourth-order valence-corrected chi connectivity index (χ4v) is 5.10. The first kappa shape index (κ1) is 23.8. The number of aliphatic carboxylic acids is 1. The van der Waals surface area contributed by atoms with Gasteiger partial charge >= 0.3 is 5.97 Å². The lowest BCUT2D eigenvalue weighted by Crippen LogP contribution is -2.50. The molecule has 4 rings (SSSR count). The van der Waals surface area contributed by atoms with Crippen LogP contribution in [0.3, 0.4) is 0 Å². The van der Waals surface area contributed by atoms with Crippen molar-refractivity contribution in [3.8, 4) is 5.75 Å². The van der Waals surface area contributed by atoms with Crippen LogP contribution in [0.15, 0.2) is 55.4 Å². The quantitative estimate of drug-likeness (QED) is 0.476. The van der Waals surface area contributed by atoms with Crippen LogP contribution < -0.4 is 20.6 Å². The number of carboxylic acids is 1. The first-order valence-electron chi connectivity index (χ1n) is 10.2. The number of carbonyl (C=O) groups is 2. The van der Waals surface area contributed by atoms with Gasteiger partial charge in [0.2, 0.25) is 0 Å². The average molecular weight is 596 g/mol. The second-order valence-electron chi connectivity index (χ2n) is 7.28. The van der Waals surface area contributed by atoms with Crippen molar-refractivity contribution >= 4 is 66.4 Å². The van der Waals surface area contributed by atoms with Crippen LogP contribution in [-0.2, 0) is 9.59 Å². The Morgan fingerprint density at radius 3 is 2.76 bits per heavy atom. The van der Waals surface area contributed by atoms with Gasteiger partial charge in [0.25, 0.3) is 5.91 Å². The zero-order valence-corrected chi connectivity index (χ0v) is 21.5. The number of amidine groups is 1. The largest absolute Gasteiger partial charge is 0.481 e. The van der Waals surface area contributed by atoms with Crippen LogP contribution in [-0.4, -0.2) is 39.5 Å². The number of thioether (sulfide) groups is 1. The summed E-state index contributed by atoms with van der Waals surface area (Å²) in [4.78, 5) is 29.2. The van der Waals surface area contributed by atoms with Crippen LogP contribution in [0.2, 0.25) is 0 Å². The van der Waals surface area contributed by atoms with Crippen molar-refractivity contribution in [2.24, 2.45) is 10.1 Å². The molecule has 1 unspecified atom stereocenters. The van der Waals surface area contributed by atoms with Crippen molar-refractivity contribution < 1.29 is 19.4 Å². The van der Waals surface area contributed by atoms with Crippen LogP contribution in [0.5, 0.6) is 5.75 Å². The van der Waals surface area contributed by atoms with Crippen molar-refractivity contribution in [2.45, 2.75) is 25.9 Å². The van der Waals surface area contributed by atoms with E-state index >= 15 is 0 Å². The molecule has 2 aliphatic heterocycles. The summed E-state index contributed by atoms with van der Waals surface area (Å²) < 4.78 is 7.13. The number of amides is 1. The Bertz CT molecular complexity index is 1270. The van der Waals surface area contributed by atoms with Crippen LogP contribution in [0.1, 0.15) is 31.5 Å². The SMILES string of the molecule is CCCCSC1=NN2C(=c3cc(Br)ccc3=NC2c2cc(Br)ccc2OCC(=O)O)C(=O)N1. The molecule has 0 aromatic heterocycles. The summed E-state index contributed by atoms with van der Waals surface area (Å²) >= 11 is 8.42. The summed E-state index contributed by atoms with van der Waals surface area (Å²) in [7, 11) is 0. The van der Waals surface area contributed by atoms with Gasteiger partial charge in [-0.15, -0.1) is 5.10 Å². The fraction of sp³-hybridized carbons (Fsp3) is 0.273. The van der Waals surface area contributed by atoms with Crippen molar-refractivity contribution in [1.29, 1.82) is 0 Å². The second-order valence-corrected chi connectivity index (χ2v) is 10.2. The molecule has 0 aliphatic carbocycles. The number of carboxylic acid groups (broad SMARTS) is 1. The Labute approximate surface area is 211 Å². The van der Waals surface area contributed by atoms with Gasteiger partial charge in [-0.1, -0.05) is 57.0 Å². The molecule has 11 heteroatoms. The van der Waals surface area contributed by atoms with Gasteiger partial charge in [0.05, 0.1) is 5.36 Å². The highest BCUT2D eigenvalue weighted by molar-refractivity contribution is 9.10. The first-order chi connectivity index (χ1) is 15.9. The van der Waals surface area contributed by atoms with Gasteiger partial charge in [-0.05, 0) is 42.8 Å². The number of nitrogens with one attached hydrogen (secondary N) is 1. The zero-order valence-electron chi connectivity index (χ0n) is 17.5. The number of nitrogens with zero attached hydrogens (tertiary/aromatic N) is 3. The van der Waals surface area contributed by atoms with E-state index in [4.69, 9.17) is 19.9 Å². The third kappa shape index (κ3) is 5.25. The van der Waals surface area contributed by atoms with Gasteiger partial charge in [-0.2, -0.15) is 0 Å². The lowest BCUT2D eigenvalue weighted by atomic mass is 10.1. The molecule has 0 saturated carbocycles.